The quantitative estimate of drug-likeness (QED) is 0.576. The number of amides is 1. The van der Waals surface area contributed by atoms with Crippen LogP contribution in [0.15, 0.2) is 30.6 Å². The van der Waals surface area contributed by atoms with Crippen molar-refractivity contribution in [3.05, 3.63) is 58.3 Å². The molecular weight excluding hydrogens is 438 g/mol. The number of halogens is 3. The molecule has 2 bridgehead atoms. The largest absolute Gasteiger partial charge is 0.486 e. The van der Waals surface area contributed by atoms with Gasteiger partial charge in [-0.2, -0.15) is 5.10 Å². The van der Waals surface area contributed by atoms with Gasteiger partial charge in [0.15, 0.2) is 5.65 Å². The SMILES string of the molecule is O=C(c1ccc(F)cc1O[C@H]1CC2CCC(C2)[C@H]1F)N1Cc2nn3cc(Cl)cnc3c2C1. The predicted octanol–water partition coefficient (Wildman–Crippen LogP) is 4.58. The van der Waals surface area contributed by atoms with Crippen LogP contribution in [0.5, 0.6) is 5.75 Å². The van der Waals surface area contributed by atoms with E-state index in [2.05, 4.69) is 10.1 Å². The zero-order valence-electron chi connectivity index (χ0n) is 17.2. The summed E-state index contributed by atoms with van der Waals surface area (Å²) in [5.74, 6) is -0.283. The van der Waals surface area contributed by atoms with Crippen LogP contribution in [-0.4, -0.2) is 37.7 Å². The molecular formula is C23H21ClF2N4O2. The first kappa shape index (κ1) is 19.9. The Morgan fingerprint density at radius 1 is 1.22 bits per heavy atom. The first-order valence-electron chi connectivity index (χ1n) is 10.9. The van der Waals surface area contributed by atoms with Crippen LogP contribution >= 0.6 is 11.6 Å². The molecule has 2 saturated carbocycles. The van der Waals surface area contributed by atoms with Crippen LogP contribution in [0.2, 0.25) is 5.02 Å². The van der Waals surface area contributed by atoms with Crippen molar-refractivity contribution in [2.45, 2.75) is 51.0 Å². The molecule has 3 aliphatic rings. The topological polar surface area (TPSA) is 59.7 Å². The fraction of sp³-hybridized carbons (Fsp3) is 0.435. The summed E-state index contributed by atoms with van der Waals surface area (Å²) in [5.41, 5.74) is 2.47. The number of aromatic nitrogens is 3. The van der Waals surface area contributed by atoms with Gasteiger partial charge >= 0.3 is 0 Å². The molecule has 4 atom stereocenters. The van der Waals surface area contributed by atoms with Crippen molar-refractivity contribution in [2.24, 2.45) is 11.8 Å². The van der Waals surface area contributed by atoms with Gasteiger partial charge in [0.2, 0.25) is 0 Å². The van der Waals surface area contributed by atoms with Crippen LogP contribution in [0, 0.1) is 17.7 Å². The number of rotatable bonds is 3. The number of ether oxygens (including phenoxy) is 1. The summed E-state index contributed by atoms with van der Waals surface area (Å²) in [6.45, 7) is 0.619. The molecule has 0 saturated heterocycles. The average Bonchev–Trinajstić information content (AvgIpc) is 3.44. The van der Waals surface area contributed by atoms with E-state index in [1.54, 1.807) is 21.8 Å². The third-order valence-electron chi connectivity index (χ3n) is 7.00. The van der Waals surface area contributed by atoms with Gasteiger partial charge in [-0.15, -0.1) is 0 Å². The number of hydrogen-bond donors (Lipinski definition) is 0. The van der Waals surface area contributed by atoms with Crippen LogP contribution in [0.1, 0.15) is 47.3 Å². The van der Waals surface area contributed by atoms with Gasteiger partial charge in [0.1, 0.15) is 23.8 Å². The van der Waals surface area contributed by atoms with E-state index in [0.717, 1.165) is 30.5 Å². The molecule has 3 heterocycles. The van der Waals surface area contributed by atoms with Crippen molar-refractivity contribution >= 4 is 23.2 Å². The maximum atomic E-state index is 14.9. The van der Waals surface area contributed by atoms with E-state index < -0.39 is 18.1 Å². The molecule has 0 spiro atoms. The molecule has 2 aliphatic carbocycles. The number of fused-ring (bicyclic) bond motifs is 5. The van der Waals surface area contributed by atoms with Gasteiger partial charge in [0, 0.05) is 17.8 Å². The van der Waals surface area contributed by atoms with Crippen molar-refractivity contribution in [3.8, 4) is 5.75 Å². The summed E-state index contributed by atoms with van der Waals surface area (Å²) in [5, 5.41) is 4.95. The van der Waals surface area contributed by atoms with Crippen LogP contribution in [0.25, 0.3) is 5.65 Å². The molecule has 1 aromatic carbocycles. The van der Waals surface area contributed by atoms with Gasteiger partial charge in [-0.25, -0.2) is 18.3 Å². The number of nitrogens with zero attached hydrogens (tertiary/aromatic N) is 4. The molecule has 166 valence electrons. The highest BCUT2D eigenvalue weighted by Crippen LogP contribution is 2.45. The van der Waals surface area contributed by atoms with Gasteiger partial charge in [-0.1, -0.05) is 11.6 Å². The van der Waals surface area contributed by atoms with Gasteiger partial charge in [0.25, 0.3) is 5.91 Å². The summed E-state index contributed by atoms with van der Waals surface area (Å²) in [7, 11) is 0. The summed E-state index contributed by atoms with van der Waals surface area (Å²) in [4.78, 5) is 19.3. The lowest BCUT2D eigenvalue weighted by atomic mass is 9.85. The lowest BCUT2D eigenvalue weighted by molar-refractivity contribution is 0.0244. The standard InChI is InChI=1S/C23H21ClF2N4O2/c24-14-8-27-22-17-10-29(11-18(17)28-30(22)9-14)23(31)16-4-3-15(25)7-19(16)32-20-6-12-1-2-13(5-12)21(20)26/h3-4,7-9,12-13,20-21H,1-2,5-6,10-11H2/t12?,13?,20-,21+/m0/s1. The third kappa shape index (κ3) is 3.23. The molecule has 32 heavy (non-hydrogen) atoms. The second-order valence-electron chi connectivity index (χ2n) is 9.04. The Kier molecular flexibility index (Phi) is 4.61. The Hall–Kier alpha value is -2.74. The van der Waals surface area contributed by atoms with E-state index in [1.165, 1.54) is 18.2 Å². The van der Waals surface area contributed by atoms with E-state index in [0.29, 0.717) is 36.1 Å². The van der Waals surface area contributed by atoms with E-state index in [-0.39, 0.29) is 23.1 Å². The smallest absolute Gasteiger partial charge is 0.258 e. The van der Waals surface area contributed by atoms with Crippen molar-refractivity contribution in [2.75, 3.05) is 0 Å². The Bertz CT molecular complexity index is 1230. The minimum atomic E-state index is -1.09. The summed E-state index contributed by atoms with van der Waals surface area (Å²) in [6.07, 6.45) is 4.84. The van der Waals surface area contributed by atoms with E-state index >= 15 is 0 Å². The van der Waals surface area contributed by atoms with Crippen molar-refractivity contribution < 1.29 is 18.3 Å². The average molecular weight is 459 g/mol. The monoisotopic (exact) mass is 458 g/mol. The van der Waals surface area contributed by atoms with Gasteiger partial charge in [-0.05, 0) is 49.7 Å². The number of hydrogen-bond acceptors (Lipinski definition) is 4. The van der Waals surface area contributed by atoms with Gasteiger partial charge in [0.05, 0.1) is 35.6 Å². The van der Waals surface area contributed by atoms with E-state index in [9.17, 15) is 13.6 Å². The molecule has 1 aliphatic heterocycles. The molecule has 2 fully saturated rings. The van der Waals surface area contributed by atoms with Gasteiger partial charge in [-0.3, -0.25) is 4.79 Å². The Morgan fingerprint density at radius 3 is 2.97 bits per heavy atom. The molecule has 0 radical (unpaired) electrons. The first-order chi connectivity index (χ1) is 15.5. The van der Waals surface area contributed by atoms with Crippen molar-refractivity contribution in [1.29, 1.82) is 0 Å². The normalized spacial score (nSPS) is 26.5. The van der Waals surface area contributed by atoms with Crippen molar-refractivity contribution in [1.82, 2.24) is 19.5 Å². The number of carbonyl (C=O) groups excluding carboxylic acids is 1. The second kappa shape index (κ2) is 7.40. The summed E-state index contributed by atoms with van der Waals surface area (Å²) < 4.78 is 36.6. The molecule has 2 unspecified atom stereocenters. The number of alkyl halides is 1. The van der Waals surface area contributed by atoms with Gasteiger partial charge < -0.3 is 9.64 Å². The third-order valence-corrected chi connectivity index (χ3v) is 7.20. The highest BCUT2D eigenvalue weighted by atomic mass is 35.5. The van der Waals surface area contributed by atoms with Crippen LogP contribution in [0.3, 0.4) is 0 Å². The molecule has 3 aromatic rings. The van der Waals surface area contributed by atoms with Crippen LogP contribution in [0.4, 0.5) is 8.78 Å². The number of benzene rings is 1. The summed E-state index contributed by atoms with van der Waals surface area (Å²) in [6, 6.07) is 3.83. The number of carbonyl (C=O) groups is 1. The maximum Gasteiger partial charge on any atom is 0.258 e. The highest BCUT2D eigenvalue weighted by molar-refractivity contribution is 6.30. The van der Waals surface area contributed by atoms with E-state index in [1.807, 2.05) is 0 Å². The molecule has 9 heteroatoms. The lowest BCUT2D eigenvalue weighted by Crippen LogP contribution is -2.38. The lowest BCUT2D eigenvalue weighted by Gasteiger charge is -2.32. The van der Waals surface area contributed by atoms with Crippen molar-refractivity contribution in [3.63, 3.8) is 0 Å². The predicted molar refractivity (Wildman–Crippen MR) is 113 cm³/mol. The first-order valence-corrected chi connectivity index (χ1v) is 11.3. The molecule has 0 N–H and O–H groups in total. The molecule has 2 aromatic heterocycles. The maximum absolute atomic E-state index is 14.9. The zero-order valence-corrected chi connectivity index (χ0v) is 17.9. The Labute approximate surface area is 188 Å². The molecule has 6 rings (SSSR count). The summed E-state index contributed by atoms with van der Waals surface area (Å²) >= 11 is 5.98. The Balaban J connectivity index is 1.26. The second-order valence-corrected chi connectivity index (χ2v) is 9.48. The van der Waals surface area contributed by atoms with Crippen LogP contribution < -0.4 is 4.74 Å². The minimum Gasteiger partial charge on any atom is -0.486 e. The molecule has 1 amide bonds. The van der Waals surface area contributed by atoms with E-state index in [4.69, 9.17) is 16.3 Å². The highest BCUT2D eigenvalue weighted by Gasteiger charge is 2.44. The van der Waals surface area contributed by atoms with Crippen LogP contribution in [-0.2, 0) is 13.1 Å². The zero-order chi connectivity index (χ0) is 22.0. The fourth-order valence-electron chi connectivity index (χ4n) is 5.46. The fourth-order valence-corrected chi connectivity index (χ4v) is 5.60. The molecule has 6 nitrogen and oxygen atoms in total. The Morgan fingerprint density at radius 2 is 2.09 bits per heavy atom. The minimum absolute atomic E-state index is 0.00241.